The van der Waals surface area contributed by atoms with Crippen LogP contribution in [0.2, 0.25) is 5.02 Å². The van der Waals surface area contributed by atoms with Crippen molar-refractivity contribution in [2.45, 2.75) is 19.9 Å². The summed E-state index contributed by atoms with van der Waals surface area (Å²) in [6.07, 6.45) is 0. The highest BCUT2D eigenvalue weighted by Crippen LogP contribution is 2.20. The first-order valence-corrected chi connectivity index (χ1v) is 7.04. The third-order valence-corrected chi connectivity index (χ3v) is 3.34. The average Bonchev–Trinajstić information content (AvgIpc) is 2.66. The van der Waals surface area contributed by atoms with Gasteiger partial charge in [-0.2, -0.15) is 0 Å². The second kappa shape index (κ2) is 6.33. The van der Waals surface area contributed by atoms with Crippen molar-refractivity contribution in [2.24, 2.45) is 0 Å². The maximum atomic E-state index is 13.5. The SMILES string of the molecule is CC(C)N1C(=O)C(=O)N(CC(=O)Nc2cc(Cl)ccc2F)C1=O. The van der Waals surface area contributed by atoms with E-state index in [0.717, 1.165) is 11.0 Å². The van der Waals surface area contributed by atoms with Gasteiger partial charge in [0.2, 0.25) is 5.91 Å². The van der Waals surface area contributed by atoms with Crippen LogP contribution in [0, 0.1) is 5.82 Å². The lowest BCUT2D eigenvalue weighted by Crippen LogP contribution is -2.40. The Kier molecular flexibility index (Phi) is 4.65. The van der Waals surface area contributed by atoms with Gasteiger partial charge in [0, 0.05) is 11.1 Å². The number of carbonyl (C=O) groups is 4. The minimum Gasteiger partial charge on any atom is -0.322 e. The third kappa shape index (κ3) is 3.31. The van der Waals surface area contributed by atoms with Gasteiger partial charge in [0.05, 0.1) is 5.69 Å². The standard InChI is InChI=1S/C14H13ClFN3O4/c1-7(2)19-13(22)12(21)18(14(19)23)6-11(20)17-10-5-8(15)3-4-9(10)16/h3-5,7H,6H2,1-2H3,(H,17,20). The highest BCUT2D eigenvalue weighted by molar-refractivity contribution is 6.45. The molecule has 5 amide bonds. The minimum atomic E-state index is -1.09. The Labute approximate surface area is 136 Å². The van der Waals surface area contributed by atoms with Gasteiger partial charge < -0.3 is 5.32 Å². The molecule has 0 atom stereocenters. The number of hydrogen-bond donors (Lipinski definition) is 1. The van der Waals surface area contributed by atoms with Gasteiger partial charge in [0.25, 0.3) is 0 Å². The Hall–Kier alpha value is -2.48. The number of hydrogen-bond acceptors (Lipinski definition) is 4. The number of nitrogens with zero attached hydrogens (tertiary/aromatic N) is 2. The molecule has 2 rings (SSSR count). The lowest BCUT2D eigenvalue weighted by Gasteiger charge is -2.18. The Morgan fingerprint density at radius 1 is 1.26 bits per heavy atom. The maximum Gasteiger partial charge on any atom is 0.334 e. The fraction of sp³-hybridized carbons (Fsp3) is 0.286. The number of benzene rings is 1. The normalized spacial score (nSPS) is 14.9. The summed E-state index contributed by atoms with van der Waals surface area (Å²) in [5, 5.41) is 2.41. The highest BCUT2D eigenvalue weighted by Gasteiger charge is 2.46. The van der Waals surface area contributed by atoms with Gasteiger partial charge in [0.1, 0.15) is 12.4 Å². The summed E-state index contributed by atoms with van der Waals surface area (Å²) in [6, 6.07) is 2.16. The van der Waals surface area contributed by atoms with Crippen LogP contribution in [0.4, 0.5) is 14.9 Å². The van der Waals surface area contributed by atoms with Crippen LogP contribution >= 0.6 is 11.6 Å². The van der Waals surface area contributed by atoms with E-state index in [2.05, 4.69) is 5.32 Å². The van der Waals surface area contributed by atoms with Gasteiger partial charge in [-0.05, 0) is 32.0 Å². The van der Waals surface area contributed by atoms with E-state index in [-0.39, 0.29) is 10.7 Å². The summed E-state index contributed by atoms with van der Waals surface area (Å²) in [4.78, 5) is 48.7. The summed E-state index contributed by atoms with van der Waals surface area (Å²) in [7, 11) is 0. The van der Waals surface area contributed by atoms with E-state index in [9.17, 15) is 23.6 Å². The van der Waals surface area contributed by atoms with Crippen molar-refractivity contribution in [3.05, 3.63) is 29.0 Å². The van der Waals surface area contributed by atoms with Gasteiger partial charge in [0.15, 0.2) is 0 Å². The number of amides is 5. The monoisotopic (exact) mass is 341 g/mol. The van der Waals surface area contributed by atoms with Crippen molar-refractivity contribution in [3.63, 3.8) is 0 Å². The molecule has 9 heteroatoms. The van der Waals surface area contributed by atoms with Crippen molar-refractivity contribution in [3.8, 4) is 0 Å². The predicted octanol–water partition coefficient (Wildman–Crippen LogP) is 1.62. The maximum absolute atomic E-state index is 13.5. The molecule has 1 N–H and O–H groups in total. The number of rotatable bonds is 4. The zero-order valence-corrected chi connectivity index (χ0v) is 13.1. The van der Waals surface area contributed by atoms with E-state index in [4.69, 9.17) is 11.6 Å². The first kappa shape index (κ1) is 16.9. The van der Waals surface area contributed by atoms with Gasteiger partial charge in [-0.25, -0.2) is 14.1 Å². The van der Waals surface area contributed by atoms with E-state index in [1.165, 1.54) is 12.1 Å². The second-order valence-electron chi connectivity index (χ2n) is 5.12. The molecule has 122 valence electrons. The van der Waals surface area contributed by atoms with Crippen LogP contribution in [-0.4, -0.2) is 46.1 Å². The van der Waals surface area contributed by atoms with Crippen molar-refractivity contribution >= 4 is 41.0 Å². The molecule has 23 heavy (non-hydrogen) atoms. The fourth-order valence-electron chi connectivity index (χ4n) is 2.04. The topological polar surface area (TPSA) is 86.8 Å². The molecule has 0 aliphatic carbocycles. The van der Waals surface area contributed by atoms with Crippen LogP contribution in [0.3, 0.4) is 0 Å². The quantitative estimate of drug-likeness (QED) is 0.666. The van der Waals surface area contributed by atoms with Crippen molar-refractivity contribution < 1.29 is 23.6 Å². The highest BCUT2D eigenvalue weighted by atomic mass is 35.5. The van der Waals surface area contributed by atoms with Gasteiger partial charge >= 0.3 is 17.8 Å². The Morgan fingerprint density at radius 3 is 2.48 bits per heavy atom. The van der Waals surface area contributed by atoms with Crippen molar-refractivity contribution in [2.75, 3.05) is 11.9 Å². The molecule has 1 aromatic carbocycles. The van der Waals surface area contributed by atoms with Crippen LogP contribution < -0.4 is 5.32 Å². The zero-order valence-electron chi connectivity index (χ0n) is 12.3. The molecule has 7 nitrogen and oxygen atoms in total. The first-order valence-electron chi connectivity index (χ1n) is 6.66. The Bertz CT molecular complexity index is 707. The van der Waals surface area contributed by atoms with E-state index < -0.39 is 42.2 Å². The predicted molar refractivity (Wildman–Crippen MR) is 79.1 cm³/mol. The molecule has 1 aromatic rings. The smallest absolute Gasteiger partial charge is 0.322 e. The number of nitrogens with one attached hydrogen (secondary N) is 1. The molecule has 1 saturated heterocycles. The Morgan fingerprint density at radius 2 is 1.91 bits per heavy atom. The molecule has 0 spiro atoms. The molecular weight excluding hydrogens is 329 g/mol. The molecule has 0 aromatic heterocycles. The summed E-state index contributed by atoms with van der Waals surface area (Å²) >= 11 is 5.70. The number of anilines is 1. The molecule has 0 saturated carbocycles. The molecule has 1 aliphatic rings. The molecule has 1 fully saturated rings. The summed E-state index contributed by atoms with van der Waals surface area (Å²) in [5.74, 6) is -3.63. The zero-order chi connectivity index (χ0) is 17.3. The average molecular weight is 342 g/mol. The van der Waals surface area contributed by atoms with Gasteiger partial charge in [-0.3, -0.25) is 19.3 Å². The molecular formula is C14H13ClFN3O4. The van der Waals surface area contributed by atoms with E-state index >= 15 is 0 Å². The first-order chi connectivity index (χ1) is 10.7. The lowest BCUT2D eigenvalue weighted by atomic mass is 10.3. The Balaban J connectivity index is 2.11. The summed E-state index contributed by atoms with van der Waals surface area (Å²) in [5.41, 5.74) is -0.186. The molecule has 0 radical (unpaired) electrons. The number of imide groups is 2. The van der Waals surface area contributed by atoms with E-state index in [1.54, 1.807) is 13.8 Å². The number of halogens is 2. The summed E-state index contributed by atoms with van der Waals surface area (Å²) < 4.78 is 13.5. The molecule has 1 heterocycles. The molecule has 0 bridgehead atoms. The second-order valence-corrected chi connectivity index (χ2v) is 5.55. The number of urea groups is 1. The summed E-state index contributed by atoms with van der Waals surface area (Å²) in [6.45, 7) is 2.43. The van der Waals surface area contributed by atoms with E-state index in [1.807, 2.05) is 0 Å². The van der Waals surface area contributed by atoms with Gasteiger partial charge in [-0.1, -0.05) is 11.6 Å². The van der Waals surface area contributed by atoms with Crippen LogP contribution in [0.25, 0.3) is 0 Å². The largest absolute Gasteiger partial charge is 0.334 e. The minimum absolute atomic E-state index is 0.186. The molecule has 1 aliphatic heterocycles. The van der Waals surface area contributed by atoms with Crippen LogP contribution in [0.5, 0.6) is 0 Å². The van der Waals surface area contributed by atoms with Crippen LogP contribution in [-0.2, 0) is 14.4 Å². The van der Waals surface area contributed by atoms with Crippen LogP contribution in [0.1, 0.15) is 13.8 Å². The number of carbonyl (C=O) groups excluding carboxylic acids is 4. The lowest BCUT2D eigenvalue weighted by molar-refractivity contribution is -0.144. The molecule has 0 unspecified atom stereocenters. The van der Waals surface area contributed by atoms with Gasteiger partial charge in [-0.15, -0.1) is 0 Å². The fourth-order valence-corrected chi connectivity index (χ4v) is 2.22. The van der Waals surface area contributed by atoms with E-state index in [0.29, 0.717) is 4.90 Å². The third-order valence-electron chi connectivity index (χ3n) is 3.10. The van der Waals surface area contributed by atoms with Crippen LogP contribution in [0.15, 0.2) is 18.2 Å². The van der Waals surface area contributed by atoms with Crippen molar-refractivity contribution in [1.29, 1.82) is 0 Å². The van der Waals surface area contributed by atoms with Crippen molar-refractivity contribution in [1.82, 2.24) is 9.80 Å².